The van der Waals surface area contributed by atoms with Crippen LogP contribution in [0.5, 0.6) is 0 Å². The second kappa shape index (κ2) is 12.9. The highest BCUT2D eigenvalue weighted by atomic mass is 35.5. The van der Waals surface area contributed by atoms with E-state index in [1.54, 1.807) is 0 Å². The van der Waals surface area contributed by atoms with E-state index in [2.05, 4.69) is 0 Å². The number of hydrogen-bond donors (Lipinski definition) is 0. The van der Waals surface area contributed by atoms with Gasteiger partial charge in [0.25, 0.3) is 0 Å². The number of allylic oxidation sites excluding steroid dienone is 2. The van der Waals surface area contributed by atoms with Crippen molar-refractivity contribution in [2.45, 2.75) is 22.1 Å². The number of hydrogen-bond acceptors (Lipinski definition) is 1. The van der Waals surface area contributed by atoms with Gasteiger partial charge in [-0.3, -0.25) is 0 Å². The predicted octanol–water partition coefficient (Wildman–Crippen LogP) is 11.7. The molecule has 0 heterocycles. The van der Waals surface area contributed by atoms with E-state index in [1.807, 2.05) is 0 Å². The highest BCUT2D eigenvalue weighted by molar-refractivity contribution is 7.85. The summed E-state index contributed by atoms with van der Waals surface area (Å²) in [4.78, 5) is -0.125. The highest BCUT2D eigenvalue weighted by Gasteiger charge is 2.36. The van der Waals surface area contributed by atoms with E-state index in [4.69, 9.17) is 46.4 Å². The Balaban J connectivity index is 1.88. The van der Waals surface area contributed by atoms with Crippen molar-refractivity contribution < 1.29 is 30.6 Å². The largest absolute Gasteiger partial charge is 0.417 e. The summed E-state index contributed by atoms with van der Waals surface area (Å²) in [6.07, 6.45) is -8.13. The molecular weight excluding hydrogens is 664 g/mol. The van der Waals surface area contributed by atoms with Crippen LogP contribution in [0.25, 0.3) is 23.3 Å². The van der Waals surface area contributed by atoms with E-state index in [-0.39, 0.29) is 52.1 Å². The Morgan fingerprint density at radius 1 is 0.548 bits per heavy atom. The fraction of sp³-hybridized carbons (Fsp3) is 0.0667. The second-order valence-electron chi connectivity index (χ2n) is 8.77. The van der Waals surface area contributed by atoms with Crippen molar-refractivity contribution >= 4 is 80.5 Å². The smallest absolute Gasteiger partial charge is 0.249 e. The van der Waals surface area contributed by atoms with E-state index >= 15 is 0 Å². The molecule has 0 saturated carbocycles. The van der Waals surface area contributed by atoms with Gasteiger partial charge in [-0.1, -0.05) is 82.8 Å². The minimum absolute atomic E-state index is 0.0216. The molecule has 0 aliphatic heterocycles. The molecule has 0 radical (unpaired) electrons. The maximum absolute atomic E-state index is 14.2. The van der Waals surface area contributed by atoms with Crippen LogP contribution in [0.3, 0.4) is 0 Å². The first-order valence-electron chi connectivity index (χ1n) is 11.7. The average Bonchev–Trinajstić information content (AvgIpc) is 2.88. The van der Waals surface area contributed by atoms with Crippen molar-refractivity contribution in [3.63, 3.8) is 0 Å². The quantitative estimate of drug-likeness (QED) is 0.146. The molecule has 0 amide bonds. The summed E-state index contributed by atoms with van der Waals surface area (Å²) in [5.41, 5.74) is -3.01. The van der Waals surface area contributed by atoms with Gasteiger partial charge in [0, 0.05) is 20.1 Å². The molecule has 0 atom stereocenters. The van der Waals surface area contributed by atoms with Gasteiger partial charge in [-0.25, -0.2) is 4.21 Å². The molecule has 4 aromatic carbocycles. The molecule has 0 aromatic heterocycles. The van der Waals surface area contributed by atoms with E-state index in [0.717, 1.165) is 36.4 Å². The third-order valence-electron chi connectivity index (χ3n) is 5.80. The molecule has 42 heavy (non-hydrogen) atoms. The Kier molecular flexibility index (Phi) is 9.85. The van der Waals surface area contributed by atoms with Crippen molar-refractivity contribution in [3.05, 3.63) is 127 Å². The molecule has 4 aromatic rings. The Hall–Kier alpha value is -2.75. The summed E-state index contributed by atoms with van der Waals surface area (Å²) in [6.45, 7) is 0. The van der Waals surface area contributed by atoms with Crippen LogP contribution in [-0.2, 0) is 10.8 Å². The van der Waals surface area contributed by atoms with Crippen LogP contribution in [0.15, 0.2) is 94.7 Å². The molecule has 0 saturated heterocycles. The van der Waals surface area contributed by atoms with Gasteiger partial charge in [0.15, 0.2) is 0 Å². The fourth-order valence-electron chi connectivity index (χ4n) is 4.04. The van der Waals surface area contributed by atoms with Gasteiger partial charge in [-0.05, 0) is 82.9 Å². The van der Waals surface area contributed by atoms with Gasteiger partial charge in [-0.2, -0.15) is 26.3 Å². The molecule has 0 N–H and O–H groups in total. The van der Waals surface area contributed by atoms with E-state index in [0.29, 0.717) is 0 Å². The lowest BCUT2D eigenvalue weighted by molar-refractivity contribution is -0.0692. The summed E-state index contributed by atoms with van der Waals surface area (Å²) < 4.78 is 99.0. The van der Waals surface area contributed by atoms with Crippen LogP contribution in [-0.4, -0.2) is 16.6 Å². The molecule has 0 aliphatic rings. The first-order valence-corrected chi connectivity index (χ1v) is 14.4. The SMILES string of the molecule is O=S(c1ccccc1C=C(c1cc(Cl)cc(Cl)c1)C(F)(F)F)c1ccccc1C=C(c1cc(Cl)cc(Cl)c1)C(F)(F)F. The maximum atomic E-state index is 14.2. The third-order valence-corrected chi connectivity index (χ3v) is 8.21. The van der Waals surface area contributed by atoms with Crippen molar-refractivity contribution in [1.29, 1.82) is 0 Å². The highest BCUT2D eigenvalue weighted by Crippen LogP contribution is 2.40. The van der Waals surface area contributed by atoms with Gasteiger partial charge in [-0.15, -0.1) is 0 Å². The van der Waals surface area contributed by atoms with Gasteiger partial charge in [0.05, 0.1) is 31.7 Å². The summed E-state index contributed by atoms with van der Waals surface area (Å²) in [7, 11) is -2.21. The van der Waals surface area contributed by atoms with Crippen molar-refractivity contribution in [2.24, 2.45) is 0 Å². The molecule has 0 spiro atoms. The molecule has 12 heteroatoms. The second-order valence-corrected chi connectivity index (χ2v) is 11.9. The third kappa shape index (κ3) is 7.79. The molecule has 4 rings (SSSR count). The lowest BCUT2D eigenvalue weighted by Gasteiger charge is -2.16. The van der Waals surface area contributed by atoms with Gasteiger partial charge < -0.3 is 0 Å². The first kappa shape index (κ1) is 32.2. The summed E-state index contributed by atoms with van der Waals surface area (Å²) >= 11 is 23.7. The topological polar surface area (TPSA) is 17.1 Å². The standard InChI is InChI=1S/C30H16Cl4F6OS/c31-21-9-19(10-22(32)15-21)25(29(35,36)37)13-17-5-1-3-7-27(17)42(41)28-8-4-2-6-18(28)14-26(30(38,39)40)20-11-23(33)16-24(34)12-20/h1-16H. The Bertz CT molecular complexity index is 1560. The molecule has 0 unspecified atom stereocenters. The Morgan fingerprint density at radius 2 is 0.857 bits per heavy atom. The number of halogens is 10. The Labute approximate surface area is 259 Å². The summed E-state index contributed by atoms with van der Waals surface area (Å²) in [5.74, 6) is 0. The minimum atomic E-state index is -4.86. The average molecular weight is 680 g/mol. The van der Waals surface area contributed by atoms with Crippen LogP contribution >= 0.6 is 46.4 Å². The van der Waals surface area contributed by atoms with Crippen LogP contribution in [0.4, 0.5) is 26.3 Å². The molecule has 1 nitrogen and oxygen atoms in total. The monoisotopic (exact) mass is 678 g/mol. The number of alkyl halides is 6. The molecule has 0 aliphatic carbocycles. The van der Waals surface area contributed by atoms with E-state index in [9.17, 15) is 30.6 Å². The van der Waals surface area contributed by atoms with Crippen molar-refractivity contribution in [2.75, 3.05) is 0 Å². The molecule has 218 valence electrons. The van der Waals surface area contributed by atoms with Crippen molar-refractivity contribution in [3.8, 4) is 0 Å². The zero-order valence-electron chi connectivity index (χ0n) is 20.8. The van der Waals surface area contributed by atoms with Crippen molar-refractivity contribution in [1.82, 2.24) is 0 Å². The lowest BCUT2D eigenvalue weighted by atomic mass is 10.0. The van der Waals surface area contributed by atoms with Gasteiger partial charge >= 0.3 is 12.4 Å². The zero-order valence-corrected chi connectivity index (χ0v) is 24.7. The molecule has 0 fully saturated rings. The van der Waals surface area contributed by atoms with E-state index in [1.165, 1.54) is 60.7 Å². The maximum Gasteiger partial charge on any atom is 0.417 e. The number of benzene rings is 4. The summed E-state index contributed by atoms with van der Waals surface area (Å²) in [6, 6.07) is 18.0. The van der Waals surface area contributed by atoms with Crippen LogP contribution in [0.1, 0.15) is 22.3 Å². The summed E-state index contributed by atoms with van der Waals surface area (Å²) in [5, 5.41) is -0.0863. The van der Waals surface area contributed by atoms with Gasteiger partial charge in [0.2, 0.25) is 0 Å². The molecule has 0 bridgehead atoms. The van der Waals surface area contributed by atoms with Gasteiger partial charge in [0.1, 0.15) is 0 Å². The predicted molar refractivity (Wildman–Crippen MR) is 158 cm³/mol. The lowest BCUT2D eigenvalue weighted by Crippen LogP contribution is -2.11. The van der Waals surface area contributed by atoms with Crippen LogP contribution in [0, 0.1) is 0 Å². The van der Waals surface area contributed by atoms with E-state index < -0.39 is 34.3 Å². The first-order chi connectivity index (χ1) is 19.6. The fourth-order valence-corrected chi connectivity index (χ4v) is 6.42. The van der Waals surface area contributed by atoms with Crippen LogP contribution in [0.2, 0.25) is 20.1 Å². The molecular formula is C30H16Cl4F6OS. The van der Waals surface area contributed by atoms with Crippen LogP contribution < -0.4 is 0 Å². The normalized spacial score (nSPS) is 13.8. The minimum Gasteiger partial charge on any atom is -0.249 e. The number of rotatable bonds is 6. The Morgan fingerprint density at radius 3 is 1.17 bits per heavy atom. The zero-order chi connectivity index (χ0) is 30.8.